The van der Waals surface area contributed by atoms with Crippen molar-refractivity contribution in [3.8, 4) is 11.6 Å². The van der Waals surface area contributed by atoms with E-state index in [4.69, 9.17) is 21.1 Å². The molecule has 0 fully saturated rings. The van der Waals surface area contributed by atoms with Gasteiger partial charge in [-0.25, -0.2) is 9.37 Å². The average molecular weight is 353 g/mol. The monoisotopic (exact) mass is 352 g/mol. The molecule has 0 saturated heterocycles. The Balaban J connectivity index is 1.84. The topological polar surface area (TPSA) is 60.5 Å². The molecule has 5 nitrogen and oxygen atoms in total. The van der Waals surface area contributed by atoms with Crippen LogP contribution in [-0.2, 0) is 11.3 Å². The number of hydrogen-bond acceptors (Lipinski definition) is 4. The lowest BCUT2D eigenvalue weighted by Gasteiger charge is -2.11. The van der Waals surface area contributed by atoms with Crippen LogP contribution in [0.1, 0.15) is 18.9 Å². The van der Waals surface area contributed by atoms with Crippen molar-refractivity contribution in [1.29, 1.82) is 0 Å². The zero-order valence-electron chi connectivity index (χ0n) is 13.2. The summed E-state index contributed by atoms with van der Waals surface area (Å²) in [5.74, 6) is -0.0267. The maximum atomic E-state index is 13.0. The predicted octanol–water partition coefficient (Wildman–Crippen LogP) is 3.36. The third kappa shape index (κ3) is 5.38. The van der Waals surface area contributed by atoms with Gasteiger partial charge in [-0.3, -0.25) is 4.79 Å². The number of halogens is 2. The number of carbonyl (C=O) groups excluding carboxylic acids is 1. The van der Waals surface area contributed by atoms with Crippen LogP contribution in [0, 0.1) is 5.82 Å². The normalized spacial score (nSPS) is 10.3. The number of hydrogen-bond donors (Lipinski definition) is 1. The molecule has 0 atom stereocenters. The van der Waals surface area contributed by atoms with Crippen LogP contribution in [0.25, 0.3) is 0 Å². The first-order valence-corrected chi connectivity index (χ1v) is 7.89. The fourth-order valence-electron chi connectivity index (χ4n) is 1.85. The quantitative estimate of drug-likeness (QED) is 0.791. The van der Waals surface area contributed by atoms with Crippen LogP contribution in [0.2, 0.25) is 5.02 Å². The number of benzene rings is 1. The van der Waals surface area contributed by atoms with Crippen LogP contribution in [0.5, 0.6) is 11.6 Å². The number of nitrogens with one attached hydrogen (secondary N) is 1. The third-order valence-corrected chi connectivity index (χ3v) is 3.32. The lowest BCUT2D eigenvalue weighted by atomic mass is 10.2. The van der Waals surface area contributed by atoms with Crippen molar-refractivity contribution < 1.29 is 18.7 Å². The van der Waals surface area contributed by atoms with Crippen molar-refractivity contribution in [1.82, 2.24) is 10.3 Å². The van der Waals surface area contributed by atoms with E-state index < -0.39 is 5.82 Å². The first-order valence-electron chi connectivity index (χ1n) is 7.51. The number of nitrogens with zero attached hydrogens (tertiary/aromatic N) is 1. The van der Waals surface area contributed by atoms with Crippen LogP contribution in [0.15, 0.2) is 36.5 Å². The molecular formula is C17H18ClFN2O3. The number of ether oxygens (including phenoxy) is 2. The molecule has 0 aliphatic heterocycles. The molecule has 1 amide bonds. The van der Waals surface area contributed by atoms with Gasteiger partial charge in [-0.05, 0) is 24.6 Å². The van der Waals surface area contributed by atoms with Crippen molar-refractivity contribution in [3.05, 3.63) is 52.9 Å². The molecule has 0 saturated carbocycles. The van der Waals surface area contributed by atoms with Crippen LogP contribution in [0.4, 0.5) is 4.39 Å². The van der Waals surface area contributed by atoms with Gasteiger partial charge >= 0.3 is 0 Å². The number of aromatic nitrogens is 1. The largest absolute Gasteiger partial charge is 0.484 e. The van der Waals surface area contributed by atoms with E-state index in [-0.39, 0.29) is 24.1 Å². The van der Waals surface area contributed by atoms with Gasteiger partial charge in [0, 0.05) is 24.4 Å². The van der Waals surface area contributed by atoms with Gasteiger partial charge in [-0.1, -0.05) is 24.6 Å². The van der Waals surface area contributed by atoms with Crippen molar-refractivity contribution in [2.45, 2.75) is 19.9 Å². The summed E-state index contributed by atoms with van der Waals surface area (Å²) in [6.45, 7) is 2.64. The maximum Gasteiger partial charge on any atom is 0.258 e. The highest BCUT2D eigenvalue weighted by Crippen LogP contribution is 2.21. The van der Waals surface area contributed by atoms with Crippen molar-refractivity contribution >= 4 is 17.5 Å². The molecule has 0 aliphatic rings. The van der Waals surface area contributed by atoms with E-state index in [0.29, 0.717) is 18.2 Å². The van der Waals surface area contributed by atoms with Gasteiger partial charge in [-0.15, -0.1) is 0 Å². The van der Waals surface area contributed by atoms with Crippen molar-refractivity contribution in [2.75, 3.05) is 13.2 Å². The Morgan fingerprint density at radius 2 is 2.17 bits per heavy atom. The summed E-state index contributed by atoms with van der Waals surface area (Å²) in [5.41, 5.74) is 0.782. The molecule has 7 heteroatoms. The number of amides is 1. The fourth-order valence-corrected chi connectivity index (χ4v) is 2.02. The highest BCUT2D eigenvalue weighted by Gasteiger charge is 2.08. The van der Waals surface area contributed by atoms with Crippen LogP contribution in [0.3, 0.4) is 0 Å². The summed E-state index contributed by atoms with van der Waals surface area (Å²) in [4.78, 5) is 16.0. The molecule has 128 valence electrons. The zero-order chi connectivity index (χ0) is 17.4. The Bertz CT molecular complexity index is 697. The molecule has 0 bridgehead atoms. The first-order chi connectivity index (χ1) is 11.6. The van der Waals surface area contributed by atoms with Crippen molar-refractivity contribution in [3.63, 3.8) is 0 Å². The second-order valence-electron chi connectivity index (χ2n) is 4.96. The predicted molar refractivity (Wildman–Crippen MR) is 88.8 cm³/mol. The van der Waals surface area contributed by atoms with Gasteiger partial charge in [0.2, 0.25) is 5.88 Å². The standard InChI is InChI=1S/C17H18ClFN2O3/c1-2-8-23-17-12(4-3-7-20-17)10-21-16(22)11-24-13-5-6-15(19)14(18)9-13/h3-7,9H,2,8,10-11H2,1H3,(H,21,22). The van der Waals surface area contributed by atoms with Crippen molar-refractivity contribution in [2.24, 2.45) is 0 Å². The summed E-state index contributed by atoms with van der Waals surface area (Å²) in [7, 11) is 0. The fraction of sp³-hybridized carbons (Fsp3) is 0.294. The smallest absolute Gasteiger partial charge is 0.258 e. The molecule has 0 spiro atoms. The van der Waals surface area contributed by atoms with Gasteiger partial charge in [0.15, 0.2) is 6.61 Å². The summed E-state index contributed by atoms with van der Waals surface area (Å²) in [5, 5.41) is 2.67. The average Bonchev–Trinajstić information content (AvgIpc) is 2.59. The van der Waals surface area contributed by atoms with E-state index in [0.717, 1.165) is 12.0 Å². The molecule has 1 N–H and O–H groups in total. The Labute approximate surface area is 144 Å². The Morgan fingerprint density at radius 3 is 2.92 bits per heavy atom. The zero-order valence-corrected chi connectivity index (χ0v) is 14.0. The van der Waals surface area contributed by atoms with E-state index in [1.807, 2.05) is 13.0 Å². The van der Waals surface area contributed by atoms with Gasteiger partial charge < -0.3 is 14.8 Å². The second-order valence-corrected chi connectivity index (χ2v) is 5.36. The van der Waals surface area contributed by atoms with E-state index in [9.17, 15) is 9.18 Å². The molecule has 2 rings (SSSR count). The minimum Gasteiger partial charge on any atom is -0.484 e. The van der Waals surface area contributed by atoms with Crippen LogP contribution >= 0.6 is 11.6 Å². The minimum absolute atomic E-state index is 0.0546. The van der Waals surface area contributed by atoms with E-state index in [1.165, 1.54) is 18.2 Å². The lowest BCUT2D eigenvalue weighted by molar-refractivity contribution is -0.123. The molecule has 2 aromatic rings. The Morgan fingerprint density at radius 1 is 1.33 bits per heavy atom. The first kappa shape index (κ1) is 18.0. The molecule has 24 heavy (non-hydrogen) atoms. The molecular weight excluding hydrogens is 335 g/mol. The van der Waals surface area contributed by atoms with E-state index in [1.54, 1.807) is 12.3 Å². The highest BCUT2D eigenvalue weighted by atomic mass is 35.5. The van der Waals surface area contributed by atoms with Gasteiger partial charge in [-0.2, -0.15) is 0 Å². The van der Waals surface area contributed by atoms with E-state index in [2.05, 4.69) is 10.3 Å². The second kappa shape index (κ2) is 9.08. The summed E-state index contributed by atoms with van der Waals surface area (Å²) >= 11 is 5.65. The lowest BCUT2D eigenvalue weighted by Crippen LogP contribution is -2.28. The summed E-state index contributed by atoms with van der Waals surface area (Å²) in [6, 6.07) is 7.52. The molecule has 0 radical (unpaired) electrons. The molecule has 0 unspecified atom stereocenters. The number of pyridine rings is 1. The molecule has 0 aliphatic carbocycles. The highest BCUT2D eigenvalue weighted by molar-refractivity contribution is 6.30. The minimum atomic E-state index is -0.537. The number of rotatable bonds is 8. The Kier molecular flexibility index (Phi) is 6.81. The van der Waals surface area contributed by atoms with Gasteiger partial charge in [0.1, 0.15) is 11.6 Å². The molecule has 1 heterocycles. The SMILES string of the molecule is CCCOc1ncccc1CNC(=O)COc1ccc(F)c(Cl)c1. The van der Waals surface area contributed by atoms with Gasteiger partial charge in [0.05, 0.1) is 11.6 Å². The summed E-state index contributed by atoms with van der Waals surface area (Å²) in [6.07, 6.45) is 2.51. The van der Waals surface area contributed by atoms with Crippen LogP contribution < -0.4 is 14.8 Å². The van der Waals surface area contributed by atoms with Gasteiger partial charge in [0.25, 0.3) is 5.91 Å². The number of carbonyl (C=O) groups is 1. The maximum absolute atomic E-state index is 13.0. The molecule has 1 aromatic carbocycles. The van der Waals surface area contributed by atoms with Crippen LogP contribution in [-0.4, -0.2) is 24.1 Å². The van der Waals surface area contributed by atoms with E-state index >= 15 is 0 Å². The Hall–Kier alpha value is -2.34. The molecule has 1 aromatic heterocycles. The summed E-state index contributed by atoms with van der Waals surface area (Å²) < 4.78 is 23.9. The third-order valence-electron chi connectivity index (χ3n) is 3.03.